The first-order valence-corrected chi connectivity index (χ1v) is 7.40. The summed E-state index contributed by atoms with van der Waals surface area (Å²) in [4.78, 5) is 11.9. The molecule has 0 bridgehead atoms. The van der Waals surface area contributed by atoms with E-state index >= 15 is 0 Å². The smallest absolute Gasteiger partial charge is 0.387 e. The molecule has 2 aromatic rings. The average Bonchev–Trinajstić information content (AvgIpc) is 2.58. The lowest BCUT2D eigenvalue weighted by molar-refractivity contribution is -0.0515. The van der Waals surface area contributed by atoms with Gasteiger partial charge in [-0.3, -0.25) is 4.79 Å². The van der Waals surface area contributed by atoms with Crippen molar-refractivity contribution in [3.63, 3.8) is 0 Å². The zero-order valence-corrected chi connectivity index (χ0v) is 13.4. The van der Waals surface area contributed by atoms with Gasteiger partial charge in [0, 0.05) is 16.8 Å². The molecule has 0 aliphatic heterocycles. The Hall–Kier alpha value is -3.16. The van der Waals surface area contributed by atoms with Crippen molar-refractivity contribution in [1.82, 2.24) is 5.43 Å². The van der Waals surface area contributed by atoms with Gasteiger partial charge in [0.15, 0.2) is 11.5 Å². The van der Waals surface area contributed by atoms with Crippen LogP contribution in [0.5, 0.6) is 11.5 Å². The molecule has 0 aliphatic carbocycles. The summed E-state index contributed by atoms with van der Waals surface area (Å²) in [6.45, 7) is -1.01. The number of nitrogens with two attached hydrogens (primary N) is 1. The van der Waals surface area contributed by atoms with Gasteiger partial charge < -0.3 is 15.2 Å². The Bertz CT molecular complexity index is 749. The van der Waals surface area contributed by atoms with Crippen LogP contribution in [0.3, 0.4) is 0 Å². The maximum absolute atomic E-state index is 12.6. The van der Waals surface area contributed by atoms with Gasteiger partial charge in [-0.05, 0) is 43.3 Å². The van der Waals surface area contributed by atoms with E-state index in [4.69, 9.17) is 10.5 Å². The van der Waals surface area contributed by atoms with Crippen molar-refractivity contribution < 1.29 is 23.0 Å². The summed E-state index contributed by atoms with van der Waals surface area (Å²) >= 11 is 0. The predicted molar refractivity (Wildman–Crippen MR) is 90.2 cm³/mol. The second-order valence-corrected chi connectivity index (χ2v) is 4.81. The van der Waals surface area contributed by atoms with E-state index in [1.54, 1.807) is 37.3 Å². The molecule has 0 atom stereocenters. The standard InChI is InChI=1S/C17H17F2N3O3/c1-2-24-14-5-3-4-12(15(14)25-17(18)19)10-21-22-16(23)11-6-8-13(20)9-7-11/h3-10,17H,2,20H2,1H3,(H,22,23)/b21-10-. The molecule has 0 unspecified atom stereocenters. The molecule has 8 heteroatoms. The van der Waals surface area contributed by atoms with Crippen LogP contribution >= 0.6 is 0 Å². The number of benzene rings is 2. The van der Waals surface area contributed by atoms with Crippen LogP contribution in [0.4, 0.5) is 14.5 Å². The number of hydrazone groups is 1. The number of alkyl halides is 2. The number of ether oxygens (including phenoxy) is 2. The average molecular weight is 349 g/mol. The van der Waals surface area contributed by atoms with Gasteiger partial charge in [-0.15, -0.1) is 0 Å². The van der Waals surface area contributed by atoms with Crippen LogP contribution in [-0.4, -0.2) is 25.3 Å². The molecule has 0 spiro atoms. The van der Waals surface area contributed by atoms with Gasteiger partial charge in [0.05, 0.1) is 12.8 Å². The highest BCUT2D eigenvalue weighted by molar-refractivity contribution is 5.95. The molecule has 6 nitrogen and oxygen atoms in total. The second kappa shape index (κ2) is 8.62. The lowest BCUT2D eigenvalue weighted by Gasteiger charge is -2.13. The van der Waals surface area contributed by atoms with Crippen LogP contribution < -0.4 is 20.6 Å². The summed E-state index contributed by atoms with van der Waals surface area (Å²) in [5.74, 6) is -0.449. The molecule has 0 saturated heterocycles. The number of anilines is 1. The highest BCUT2D eigenvalue weighted by Crippen LogP contribution is 2.31. The molecule has 0 aromatic heterocycles. The first-order valence-electron chi connectivity index (χ1n) is 7.40. The molecule has 0 aliphatic rings. The predicted octanol–water partition coefficient (Wildman–Crippen LogP) is 3.03. The SMILES string of the molecule is CCOc1cccc(/C=N\NC(=O)c2ccc(N)cc2)c1OC(F)F. The van der Waals surface area contributed by atoms with Crippen LogP contribution in [0.25, 0.3) is 0 Å². The Morgan fingerprint density at radius 2 is 2.00 bits per heavy atom. The largest absolute Gasteiger partial charge is 0.490 e. The van der Waals surface area contributed by atoms with Crippen LogP contribution in [0.1, 0.15) is 22.8 Å². The monoisotopic (exact) mass is 349 g/mol. The van der Waals surface area contributed by atoms with Crippen molar-refractivity contribution >= 4 is 17.8 Å². The van der Waals surface area contributed by atoms with E-state index in [2.05, 4.69) is 15.3 Å². The molecule has 0 heterocycles. The van der Waals surface area contributed by atoms with Crippen molar-refractivity contribution in [1.29, 1.82) is 0 Å². The first-order chi connectivity index (χ1) is 12.0. The van der Waals surface area contributed by atoms with E-state index < -0.39 is 12.5 Å². The minimum atomic E-state index is -3.02. The van der Waals surface area contributed by atoms with E-state index in [0.29, 0.717) is 11.3 Å². The molecular weight excluding hydrogens is 332 g/mol. The molecule has 0 fully saturated rings. The lowest BCUT2D eigenvalue weighted by Crippen LogP contribution is -2.17. The molecule has 25 heavy (non-hydrogen) atoms. The summed E-state index contributed by atoms with van der Waals surface area (Å²) in [5.41, 5.74) is 8.98. The van der Waals surface area contributed by atoms with Gasteiger partial charge in [-0.1, -0.05) is 6.07 Å². The van der Waals surface area contributed by atoms with Gasteiger partial charge >= 0.3 is 6.61 Å². The summed E-state index contributed by atoms with van der Waals surface area (Å²) < 4.78 is 35.0. The third-order valence-corrected chi connectivity index (χ3v) is 3.06. The van der Waals surface area contributed by atoms with Crippen molar-refractivity contribution in [3.05, 3.63) is 53.6 Å². The Labute approximate surface area is 143 Å². The van der Waals surface area contributed by atoms with E-state index in [-0.39, 0.29) is 23.7 Å². The van der Waals surface area contributed by atoms with Crippen LogP contribution in [0.15, 0.2) is 47.6 Å². The summed E-state index contributed by atoms with van der Waals surface area (Å²) in [5, 5.41) is 3.77. The van der Waals surface area contributed by atoms with Crippen LogP contribution in [0.2, 0.25) is 0 Å². The van der Waals surface area contributed by atoms with Crippen molar-refractivity contribution in [2.75, 3.05) is 12.3 Å². The Kier molecular flexibility index (Phi) is 6.27. The van der Waals surface area contributed by atoms with Gasteiger partial charge in [0.25, 0.3) is 5.91 Å². The number of amides is 1. The lowest BCUT2D eigenvalue weighted by atomic mass is 10.2. The van der Waals surface area contributed by atoms with E-state index in [1.807, 2.05) is 0 Å². The number of hydrogen-bond donors (Lipinski definition) is 2. The normalized spacial score (nSPS) is 10.9. The fraction of sp³-hybridized carbons (Fsp3) is 0.176. The Morgan fingerprint density at radius 3 is 2.64 bits per heavy atom. The quantitative estimate of drug-likeness (QED) is 0.457. The molecule has 3 N–H and O–H groups in total. The maximum Gasteiger partial charge on any atom is 0.387 e. The summed E-state index contributed by atoms with van der Waals surface area (Å²) in [6.07, 6.45) is 1.20. The number of rotatable bonds is 7. The number of nitrogen functional groups attached to an aromatic ring is 1. The molecule has 1 amide bonds. The molecular formula is C17H17F2N3O3. The number of carbonyl (C=O) groups is 1. The number of carbonyl (C=O) groups excluding carboxylic acids is 1. The van der Waals surface area contributed by atoms with E-state index in [0.717, 1.165) is 0 Å². The van der Waals surface area contributed by atoms with E-state index in [9.17, 15) is 13.6 Å². The Balaban J connectivity index is 2.15. The third-order valence-electron chi connectivity index (χ3n) is 3.06. The van der Waals surface area contributed by atoms with Crippen LogP contribution in [-0.2, 0) is 0 Å². The summed E-state index contributed by atoms with van der Waals surface area (Å²) in [6, 6.07) is 10.9. The number of para-hydroxylation sites is 1. The van der Waals surface area contributed by atoms with Crippen molar-refractivity contribution in [2.24, 2.45) is 5.10 Å². The zero-order valence-electron chi connectivity index (χ0n) is 13.4. The van der Waals surface area contributed by atoms with Gasteiger partial charge in [-0.2, -0.15) is 13.9 Å². The van der Waals surface area contributed by atoms with Crippen LogP contribution in [0, 0.1) is 0 Å². The molecule has 0 saturated carbocycles. The molecule has 0 radical (unpaired) electrons. The molecule has 2 rings (SSSR count). The minimum Gasteiger partial charge on any atom is -0.490 e. The summed E-state index contributed by atoms with van der Waals surface area (Å²) in [7, 11) is 0. The Morgan fingerprint density at radius 1 is 1.28 bits per heavy atom. The molecule has 2 aromatic carbocycles. The fourth-order valence-corrected chi connectivity index (χ4v) is 1.98. The van der Waals surface area contributed by atoms with Gasteiger partial charge in [-0.25, -0.2) is 5.43 Å². The fourth-order valence-electron chi connectivity index (χ4n) is 1.98. The minimum absolute atomic E-state index is 0.148. The van der Waals surface area contributed by atoms with Gasteiger partial charge in [0.1, 0.15) is 0 Å². The third kappa shape index (κ3) is 5.17. The zero-order chi connectivity index (χ0) is 18.2. The van der Waals surface area contributed by atoms with E-state index in [1.165, 1.54) is 18.3 Å². The number of nitrogens with one attached hydrogen (secondary N) is 1. The highest BCUT2D eigenvalue weighted by atomic mass is 19.3. The van der Waals surface area contributed by atoms with Gasteiger partial charge in [0.2, 0.25) is 0 Å². The number of nitrogens with zero attached hydrogens (tertiary/aromatic N) is 1. The highest BCUT2D eigenvalue weighted by Gasteiger charge is 2.14. The first kappa shape index (κ1) is 18.2. The topological polar surface area (TPSA) is 85.9 Å². The second-order valence-electron chi connectivity index (χ2n) is 4.81. The van der Waals surface area contributed by atoms with Crippen molar-refractivity contribution in [3.8, 4) is 11.5 Å². The maximum atomic E-state index is 12.6. The molecule has 132 valence electrons. The van der Waals surface area contributed by atoms with Crippen molar-refractivity contribution in [2.45, 2.75) is 13.5 Å². The number of halogens is 2. The number of hydrogen-bond acceptors (Lipinski definition) is 5.